The summed E-state index contributed by atoms with van der Waals surface area (Å²) in [6.45, 7) is 0.741. The van der Waals surface area contributed by atoms with Crippen LogP contribution in [0.2, 0.25) is 0 Å². The standard InChI is InChI=1S/C11H12ClN3O/c1-15(7-9-4-5-16-8-9)11-3-2-10(6-12)13-14-11/h2-5,8H,6-7H2,1H3. The second kappa shape index (κ2) is 4.99. The molecule has 84 valence electrons. The quantitative estimate of drug-likeness (QED) is 0.766. The number of hydrogen-bond donors (Lipinski definition) is 0. The van der Waals surface area contributed by atoms with Crippen molar-refractivity contribution in [3.8, 4) is 0 Å². The molecule has 0 atom stereocenters. The third kappa shape index (κ3) is 2.52. The molecule has 16 heavy (non-hydrogen) atoms. The van der Waals surface area contributed by atoms with Gasteiger partial charge in [0.25, 0.3) is 0 Å². The minimum absolute atomic E-state index is 0.388. The van der Waals surface area contributed by atoms with Crippen molar-refractivity contribution in [2.24, 2.45) is 0 Å². The summed E-state index contributed by atoms with van der Waals surface area (Å²) < 4.78 is 5.01. The fourth-order valence-electron chi connectivity index (χ4n) is 1.37. The van der Waals surface area contributed by atoms with E-state index in [1.165, 1.54) is 0 Å². The molecule has 2 rings (SSSR count). The van der Waals surface area contributed by atoms with Crippen LogP contribution >= 0.6 is 11.6 Å². The van der Waals surface area contributed by atoms with Gasteiger partial charge in [0.15, 0.2) is 5.82 Å². The topological polar surface area (TPSA) is 42.2 Å². The fraction of sp³-hybridized carbons (Fsp3) is 0.273. The van der Waals surface area contributed by atoms with Crippen molar-refractivity contribution in [2.45, 2.75) is 12.4 Å². The summed E-state index contributed by atoms with van der Waals surface area (Å²) in [5.41, 5.74) is 1.88. The molecular formula is C11H12ClN3O. The van der Waals surface area contributed by atoms with E-state index >= 15 is 0 Å². The lowest BCUT2D eigenvalue weighted by molar-refractivity contribution is 0.563. The van der Waals surface area contributed by atoms with Gasteiger partial charge in [0.05, 0.1) is 24.1 Å². The van der Waals surface area contributed by atoms with Gasteiger partial charge in [-0.3, -0.25) is 0 Å². The number of nitrogens with zero attached hydrogens (tertiary/aromatic N) is 3. The number of rotatable bonds is 4. The van der Waals surface area contributed by atoms with Gasteiger partial charge in [0, 0.05) is 19.2 Å². The minimum Gasteiger partial charge on any atom is -0.472 e. The molecule has 0 aliphatic heterocycles. The van der Waals surface area contributed by atoms with Crippen LogP contribution in [0.4, 0.5) is 5.82 Å². The van der Waals surface area contributed by atoms with Crippen LogP contribution < -0.4 is 4.90 Å². The van der Waals surface area contributed by atoms with Crippen LogP contribution in [0, 0.1) is 0 Å². The molecule has 0 spiro atoms. The van der Waals surface area contributed by atoms with E-state index in [2.05, 4.69) is 10.2 Å². The first-order valence-electron chi connectivity index (χ1n) is 4.90. The summed E-state index contributed by atoms with van der Waals surface area (Å²) in [5, 5.41) is 8.09. The average molecular weight is 238 g/mol. The van der Waals surface area contributed by atoms with Gasteiger partial charge >= 0.3 is 0 Å². The third-order valence-electron chi connectivity index (χ3n) is 2.23. The highest BCUT2D eigenvalue weighted by Gasteiger charge is 2.05. The van der Waals surface area contributed by atoms with E-state index in [9.17, 15) is 0 Å². The summed E-state index contributed by atoms with van der Waals surface area (Å²) in [7, 11) is 1.96. The van der Waals surface area contributed by atoms with Gasteiger partial charge < -0.3 is 9.32 Å². The Kier molecular flexibility index (Phi) is 3.41. The van der Waals surface area contributed by atoms with Crippen LogP contribution in [-0.2, 0) is 12.4 Å². The Morgan fingerprint density at radius 3 is 2.75 bits per heavy atom. The molecule has 2 aromatic heterocycles. The van der Waals surface area contributed by atoms with Crippen LogP contribution in [0.5, 0.6) is 0 Å². The van der Waals surface area contributed by atoms with E-state index in [0.717, 1.165) is 23.6 Å². The average Bonchev–Trinajstić information content (AvgIpc) is 2.82. The van der Waals surface area contributed by atoms with Gasteiger partial charge in [-0.1, -0.05) is 0 Å². The van der Waals surface area contributed by atoms with Crippen LogP contribution in [0.15, 0.2) is 35.1 Å². The van der Waals surface area contributed by atoms with Gasteiger partial charge in [0.2, 0.25) is 0 Å². The van der Waals surface area contributed by atoms with Gasteiger partial charge in [-0.05, 0) is 18.2 Å². The monoisotopic (exact) mass is 237 g/mol. The van der Waals surface area contributed by atoms with Crippen molar-refractivity contribution in [3.05, 3.63) is 42.0 Å². The third-order valence-corrected chi connectivity index (χ3v) is 2.51. The zero-order valence-electron chi connectivity index (χ0n) is 8.93. The van der Waals surface area contributed by atoms with Gasteiger partial charge in [-0.15, -0.1) is 16.7 Å². The Morgan fingerprint density at radius 1 is 1.31 bits per heavy atom. The van der Waals surface area contributed by atoms with Crippen LogP contribution in [0.3, 0.4) is 0 Å². The molecule has 0 N–H and O–H groups in total. The molecular weight excluding hydrogens is 226 g/mol. The van der Waals surface area contributed by atoms with Gasteiger partial charge in [0.1, 0.15) is 0 Å². The molecule has 0 bridgehead atoms. The maximum Gasteiger partial charge on any atom is 0.151 e. The molecule has 0 aliphatic rings. The molecule has 0 radical (unpaired) electrons. The van der Waals surface area contributed by atoms with E-state index < -0.39 is 0 Å². The summed E-state index contributed by atoms with van der Waals surface area (Å²) >= 11 is 5.65. The number of aromatic nitrogens is 2. The lowest BCUT2D eigenvalue weighted by Gasteiger charge is -2.16. The molecule has 0 aromatic carbocycles. The van der Waals surface area contributed by atoms with Crippen molar-refractivity contribution in [3.63, 3.8) is 0 Å². The molecule has 0 saturated carbocycles. The molecule has 2 heterocycles. The Bertz CT molecular complexity index is 427. The molecule has 0 unspecified atom stereocenters. The van der Waals surface area contributed by atoms with Gasteiger partial charge in [-0.2, -0.15) is 5.10 Å². The molecule has 0 amide bonds. The van der Waals surface area contributed by atoms with Crippen molar-refractivity contribution in [1.29, 1.82) is 0 Å². The summed E-state index contributed by atoms with van der Waals surface area (Å²) in [5.74, 6) is 1.20. The second-order valence-corrected chi connectivity index (χ2v) is 3.77. The molecule has 0 aliphatic carbocycles. The predicted molar refractivity (Wildman–Crippen MR) is 62.4 cm³/mol. The zero-order valence-corrected chi connectivity index (χ0v) is 9.68. The van der Waals surface area contributed by atoms with E-state index in [1.54, 1.807) is 12.5 Å². The first kappa shape index (κ1) is 11.0. The Morgan fingerprint density at radius 2 is 2.19 bits per heavy atom. The Hall–Kier alpha value is -1.55. The van der Waals surface area contributed by atoms with Crippen molar-refractivity contribution in [1.82, 2.24) is 10.2 Å². The highest BCUT2D eigenvalue weighted by atomic mass is 35.5. The minimum atomic E-state index is 0.388. The van der Waals surface area contributed by atoms with Crippen LogP contribution in [0.25, 0.3) is 0 Å². The lowest BCUT2D eigenvalue weighted by Crippen LogP contribution is -2.17. The highest BCUT2D eigenvalue weighted by molar-refractivity contribution is 6.16. The van der Waals surface area contributed by atoms with Crippen LogP contribution in [-0.4, -0.2) is 17.2 Å². The molecule has 0 fully saturated rings. The summed E-state index contributed by atoms with van der Waals surface area (Å²) in [4.78, 5) is 2.00. The maximum atomic E-state index is 5.65. The van der Waals surface area contributed by atoms with Crippen molar-refractivity contribution >= 4 is 17.4 Å². The molecule has 2 aromatic rings. The summed E-state index contributed by atoms with van der Waals surface area (Å²) in [6, 6.07) is 5.71. The largest absolute Gasteiger partial charge is 0.472 e. The second-order valence-electron chi connectivity index (χ2n) is 3.50. The normalized spacial score (nSPS) is 10.4. The number of furan rings is 1. The molecule has 5 heteroatoms. The predicted octanol–water partition coefficient (Wildman–Crippen LogP) is 2.44. The van der Waals surface area contributed by atoms with E-state index in [1.807, 2.05) is 30.1 Å². The van der Waals surface area contributed by atoms with E-state index in [-0.39, 0.29) is 0 Å². The number of alkyl halides is 1. The summed E-state index contributed by atoms with van der Waals surface area (Å²) in [6.07, 6.45) is 3.38. The smallest absolute Gasteiger partial charge is 0.151 e. The van der Waals surface area contributed by atoms with E-state index in [0.29, 0.717) is 5.88 Å². The van der Waals surface area contributed by atoms with Crippen molar-refractivity contribution < 1.29 is 4.42 Å². The van der Waals surface area contributed by atoms with E-state index in [4.69, 9.17) is 16.0 Å². The highest BCUT2D eigenvalue weighted by Crippen LogP contribution is 2.12. The Balaban J connectivity index is 2.05. The number of hydrogen-bond acceptors (Lipinski definition) is 4. The SMILES string of the molecule is CN(Cc1ccoc1)c1ccc(CCl)nn1. The number of halogens is 1. The first-order valence-corrected chi connectivity index (χ1v) is 5.44. The molecule has 0 saturated heterocycles. The number of anilines is 1. The lowest BCUT2D eigenvalue weighted by atomic mass is 10.3. The fourth-order valence-corrected chi connectivity index (χ4v) is 1.51. The Labute approximate surface area is 98.8 Å². The molecule has 4 nitrogen and oxygen atoms in total. The first-order chi connectivity index (χ1) is 7.79. The maximum absolute atomic E-state index is 5.65. The van der Waals surface area contributed by atoms with Crippen LogP contribution in [0.1, 0.15) is 11.3 Å². The van der Waals surface area contributed by atoms with Crippen molar-refractivity contribution in [2.75, 3.05) is 11.9 Å². The zero-order chi connectivity index (χ0) is 11.4. The van der Waals surface area contributed by atoms with Gasteiger partial charge in [-0.25, -0.2) is 0 Å².